The Bertz CT molecular complexity index is 278. The minimum absolute atomic E-state index is 0.176. The van der Waals surface area contributed by atoms with Crippen LogP contribution >= 0.6 is 11.8 Å². The highest BCUT2D eigenvalue weighted by Gasteiger charge is 2.09. The van der Waals surface area contributed by atoms with E-state index in [1.165, 1.54) is 6.07 Å². The molecule has 0 amide bonds. The van der Waals surface area contributed by atoms with Gasteiger partial charge in [0.15, 0.2) is 0 Å². The lowest BCUT2D eigenvalue weighted by Gasteiger charge is -2.14. The molecule has 1 aromatic rings. The summed E-state index contributed by atoms with van der Waals surface area (Å²) >= 11 is 1.79. The van der Waals surface area contributed by atoms with E-state index in [1.807, 2.05) is 6.07 Å². The van der Waals surface area contributed by atoms with Gasteiger partial charge in [-0.3, -0.25) is 0 Å². The average molecular weight is 213 g/mol. The van der Waals surface area contributed by atoms with Crippen LogP contribution in [0.2, 0.25) is 0 Å². The van der Waals surface area contributed by atoms with Gasteiger partial charge in [-0.2, -0.15) is 11.8 Å². The second kappa shape index (κ2) is 6.04. The Hall–Kier alpha value is -0.540. The van der Waals surface area contributed by atoms with Crippen molar-refractivity contribution in [3.05, 3.63) is 35.6 Å². The van der Waals surface area contributed by atoms with Crippen molar-refractivity contribution in [2.75, 3.05) is 18.6 Å². The molecule has 1 unspecified atom stereocenters. The van der Waals surface area contributed by atoms with E-state index in [2.05, 4.69) is 6.26 Å². The highest BCUT2D eigenvalue weighted by molar-refractivity contribution is 7.98. The molecule has 0 aliphatic carbocycles. The highest BCUT2D eigenvalue weighted by atomic mass is 32.2. The van der Waals surface area contributed by atoms with E-state index in [0.717, 1.165) is 17.7 Å². The van der Waals surface area contributed by atoms with Crippen molar-refractivity contribution >= 4 is 11.8 Å². The minimum atomic E-state index is -0.176. The largest absolute Gasteiger partial charge is 0.330 e. The van der Waals surface area contributed by atoms with E-state index in [1.54, 1.807) is 23.9 Å². The average Bonchev–Trinajstić information content (AvgIpc) is 2.19. The first-order valence-corrected chi connectivity index (χ1v) is 6.11. The lowest BCUT2D eigenvalue weighted by atomic mass is 9.97. The van der Waals surface area contributed by atoms with Gasteiger partial charge in [0.1, 0.15) is 5.82 Å². The molecule has 0 bridgehead atoms. The summed E-state index contributed by atoms with van der Waals surface area (Å²) in [6, 6.07) is 6.73. The topological polar surface area (TPSA) is 26.0 Å². The molecule has 0 heterocycles. The van der Waals surface area contributed by atoms with Crippen molar-refractivity contribution in [3.63, 3.8) is 0 Å². The molecule has 0 saturated carbocycles. The van der Waals surface area contributed by atoms with Crippen molar-refractivity contribution in [1.29, 1.82) is 0 Å². The third-order valence-electron chi connectivity index (χ3n) is 2.28. The van der Waals surface area contributed by atoms with Gasteiger partial charge in [-0.15, -0.1) is 0 Å². The van der Waals surface area contributed by atoms with Crippen molar-refractivity contribution in [2.24, 2.45) is 5.73 Å². The van der Waals surface area contributed by atoms with E-state index in [9.17, 15) is 4.39 Å². The predicted octanol–water partition coefficient (Wildman–Crippen LogP) is 2.62. The predicted molar refractivity (Wildman–Crippen MR) is 61.2 cm³/mol. The zero-order valence-electron chi connectivity index (χ0n) is 8.37. The van der Waals surface area contributed by atoms with Gasteiger partial charge in [0.2, 0.25) is 0 Å². The molecule has 2 N–H and O–H groups in total. The van der Waals surface area contributed by atoms with Crippen LogP contribution in [0.25, 0.3) is 0 Å². The summed E-state index contributed by atoms with van der Waals surface area (Å²) in [5.74, 6) is 1.18. The molecule has 0 spiro atoms. The van der Waals surface area contributed by atoms with Gasteiger partial charge < -0.3 is 5.73 Å². The smallest absolute Gasteiger partial charge is 0.123 e. The first-order chi connectivity index (χ1) is 6.77. The van der Waals surface area contributed by atoms with Gasteiger partial charge in [-0.25, -0.2) is 4.39 Å². The van der Waals surface area contributed by atoms with Gasteiger partial charge >= 0.3 is 0 Å². The molecule has 14 heavy (non-hydrogen) atoms. The van der Waals surface area contributed by atoms with Crippen molar-refractivity contribution in [3.8, 4) is 0 Å². The van der Waals surface area contributed by atoms with Crippen LogP contribution in [-0.4, -0.2) is 18.6 Å². The van der Waals surface area contributed by atoms with Gasteiger partial charge in [0, 0.05) is 0 Å². The lowest BCUT2D eigenvalue weighted by molar-refractivity contribution is 0.615. The van der Waals surface area contributed by atoms with Crippen LogP contribution in [0.4, 0.5) is 4.39 Å². The number of nitrogens with two attached hydrogens (primary N) is 1. The Morgan fingerprint density at radius 3 is 2.86 bits per heavy atom. The van der Waals surface area contributed by atoms with Crippen LogP contribution in [0.15, 0.2) is 24.3 Å². The summed E-state index contributed by atoms with van der Waals surface area (Å²) in [5.41, 5.74) is 6.68. The van der Waals surface area contributed by atoms with Gasteiger partial charge in [0.25, 0.3) is 0 Å². The normalized spacial score (nSPS) is 12.8. The van der Waals surface area contributed by atoms with Crippen LogP contribution in [0.3, 0.4) is 0 Å². The molecule has 78 valence electrons. The van der Waals surface area contributed by atoms with Crippen molar-refractivity contribution < 1.29 is 4.39 Å². The Kier molecular flexibility index (Phi) is 4.98. The molecule has 0 radical (unpaired) electrons. The van der Waals surface area contributed by atoms with E-state index in [4.69, 9.17) is 5.73 Å². The van der Waals surface area contributed by atoms with Crippen LogP contribution < -0.4 is 5.73 Å². The van der Waals surface area contributed by atoms with E-state index >= 15 is 0 Å². The third-order valence-corrected chi connectivity index (χ3v) is 2.92. The fourth-order valence-corrected chi connectivity index (χ4v) is 1.96. The molecule has 0 aliphatic rings. The summed E-state index contributed by atoms with van der Waals surface area (Å²) in [5, 5.41) is 0. The van der Waals surface area contributed by atoms with Crippen LogP contribution in [0.1, 0.15) is 17.9 Å². The second-order valence-corrected chi connectivity index (χ2v) is 4.25. The summed E-state index contributed by atoms with van der Waals surface area (Å²) in [6.07, 6.45) is 3.08. The molecule has 1 aromatic carbocycles. The summed E-state index contributed by atoms with van der Waals surface area (Å²) in [4.78, 5) is 0. The maximum absolute atomic E-state index is 12.9. The fraction of sp³-hybridized carbons (Fsp3) is 0.455. The van der Waals surface area contributed by atoms with Gasteiger partial charge in [-0.05, 0) is 48.6 Å². The van der Waals surface area contributed by atoms with Crippen molar-refractivity contribution in [1.82, 2.24) is 0 Å². The third kappa shape index (κ3) is 3.31. The van der Waals surface area contributed by atoms with E-state index < -0.39 is 0 Å². The number of halogens is 1. The summed E-state index contributed by atoms with van der Waals surface area (Å²) in [7, 11) is 0. The monoisotopic (exact) mass is 213 g/mol. The quantitative estimate of drug-likeness (QED) is 0.813. The molecule has 0 fully saturated rings. The molecule has 1 atom stereocenters. The van der Waals surface area contributed by atoms with Crippen LogP contribution in [0.5, 0.6) is 0 Å². The van der Waals surface area contributed by atoms with Crippen LogP contribution in [0, 0.1) is 5.82 Å². The zero-order chi connectivity index (χ0) is 10.4. The first kappa shape index (κ1) is 11.5. The molecule has 0 saturated heterocycles. The Labute approximate surface area is 88.9 Å². The number of hydrogen-bond acceptors (Lipinski definition) is 2. The summed E-state index contributed by atoms with van der Waals surface area (Å²) in [6.45, 7) is 0.587. The lowest BCUT2D eigenvalue weighted by Crippen LogP contribution is -2.13. The Morgan fingerprint density at radius 2 is 2.29 bits per heavy atom. The minimum Gasteiger partial charge on any atom is -0.330 e. The van der Waals surface area contributed by atoms with Crippen molar-refractivity contribution in [2.45, 2.75) is 12.3 Å². The first-order valence-electron chi connectivity index (χ1n) is 4.72. The van der Waals surface area contributed by atoms with Gasteiger partial charge in [-0.1, -0.05) is 12.1 Å². The molecule has 0 aromatic heterocycles. The van der Waals surface area contributed by atoms with E-state index in [0.29, 0.717) is 6.54 Å². The number of rotatable bonds is 5. The second-order valence-electron chi connectivity index (χ2n) is 3.27. The highest BCUT2D eigenvalue weighted by Crippen LogP contribution is 2.20. The van der Waals surface area contributed by atoms with Crippen LogP contribution in [-0.2, 0) is 0 Å². The molecule has 0 aliphatic heterocycles. The molecular formula is C11H16FNS. The number of benzene rings is 1. The Balaban J connectivity index is 2.68. The maximum Gasteiger partial charge on any atom is 0.123 e. The maximum atomic E-state index is 12.9. The zero-order valence-corrected chi connectivity index (χ0v) is 9.19. The standard InChI is InChI=1S/C11H16FNS/c1-14-6-5-10(8-13)9-3-2-4-11(12)7-9/h2-4,7,10H,5-6,8,13H2,1H3. The fourth-order valence-electron chi connectivity index (χ4n) is 1.44. The van der Waals surface area contributed by atoms with Gasteiger partial charge in [0.05, 0.1) is 0 Å². The van der Waals surface area contributed by atoms with E-state index in [-0.39, 0.29) is 11.7 Å². The SMILES string of the molecule is CSCCC(CN)c1cccc(F)c1. The number of thioether (sulfide) groups is 1. The summed E-state index contributed by atoms with van der Waals surface area (Å²) < 4.78 is 12.9. The molecule has 3 heteroatoms. The number of hydrogen-bond donors (Lipinski definition) is 1. The molecular weight excluding hydrogens is 197 g/mol. The molecule has 1 rings (SSSR count). The molecule has 1 nitrogen and oxygen atoms in total. The Morgan fingerprint density at radius 1 is 1.50 bits per heavy atom.